The van der Waals surface area contributed by atoms with E-state index in [4.69, 9.17) is 9.47 Å². The number of ether oxygens (including phenoxy) is 2. The molecule has 0 aliphatic heterocycles. The van der Waals surface area contributed by atoms with Gasteiger partial charge in [0, 0.05) is 17.5 Å². The van der Waals surface area contributed by atoms with Gasteiger partial charge < -0.3 is 14.6 Å². The molecule has 0 amide bonds. The lowest BCUT2D eigenvalue weighted by atomic mass is 10.2. The molecule has 2 aromatic carbocycles. The fraction of sp³-hybridized carbons (Fsp3) is 0.222. The summed E-state index contributed by atoms with van der Waals surface area (Å²) in [5, 5.41) is 9.86. The third-order valence-corrected chi connectivity index (χ3v) is 3.19. The van der Waals surface area contributed by atoms with Crippen LogP contribution >= 0.6 is 0 Å². The first kappa shape index (κ1) is 16.7. The zero-order valence-electron chi connectivity index (χ0n) is 12.6. The van der Waals surface area contributed by atoms with Crippen molar-refractivity contribution < 1.29 is 24.2 Å². The van der Waals surface area contributed by atoms with Crippen molar-refractivity contribution in [2.24, 2.45) is 0 Å². The molecule has 0 aromatic heterocycles. The van der Waals surface area contributed by atoms with E-state index in [1.54, 1.807) is 48.5 Å². The summed E-state index contributed by atoms with van der Waals surface area (Å²) >= 11 is 0. The summed E-state index contributed by atoms with van der Waals surface area (Å²) in [5.74, 6) is 1.24. The van der Waals surface area contributed by atoms with E-state index in [0.29, 0.717) is 35.7 Å². The lowest BCUT2D eigenvalue weighted by Crippen LogP contribution is -2.20. The van der Waals surface area contributed by atoms with Crippen molar-refractivity contribution >= 4 is 12.6 Å². The van der Waals surface area contributed by atoms with Crippen LogP contribution in [0.15, 0.2) is 48.5 Å². The van der Waals surface area contributed by atoms with Crippen LogP contribution in [0.25, 0.3) is 0 Å². The highest BCUT2D eigenvalue weighted by Gasteiger charge is 2.06. The summed E-state index contributed by atoms with van der Waals surface area (Å²) < 4.78 is 10.9. The monoisotopic (exact) mass is 314 g/mol. The van der Waals surface area contributed by atoms with Gasteiger partial charge in [0.2, 0.25) is 0 Å². The standard InChI is InChI=1S/C18H18O5/c19-11-14-1-5-17(6-2-14)22-10-9-16(21)13-23-18-7-3-15(12-20)4-8-18/h1-8,11-12,16,21H,9-10,13H2. The Kier molecular flexibility index (Phi) is 6.32. The van der Waals surface area contributed by atoms with E-state index < -0.39 is 6.10 Å². The molecule has 2 rings (SSSR count). The molecule has 0 bridgehead atoms. The molecule has 23 heavy (non-hydrogen) atoms. The Labute approximate surface area is 134 Å². The molecule has 1 atom stereocenters. The number of aliphatic hydroxyl groups is 1. The Morgan fingerprint density at radius 1 is 0.826 bits per heavy atom. The molecule has 0 aliphatic rings. The molecular formula is C18H18O5. The second kappa shape index (κ2) is 8.70. The number of benzene rings is 2. The van der Waals surface area contributed by atoms with Crippen molar-refractivity contribution in [2.75, 3.05) is 13.2 Å². The van der Waals surface area contributed by atoms with Gasteiger partial charge in [0.25, 0.3) is 0 Å². The van der Waals surface area contributed by atoms with Crippen LogP contribution in [-0.2, 0) is 0 Å². The SMILES string of the molecule is O=Cc1ccc(OCCC(O)COc2ccc(C=O)cc2)cc1. The average molecular weight is 314 g/mol. The van der Waals surface area contributed by atoms with Crippen LogP contribution in [0.2, 0.25) is 0 Å². The molecule has 5 heteroatoms. The van der Waals surface area contributed by atoms with Crippen molar-refractivity contribution in [1.29, 1.82) is 0 Å². The molecule has 0 spiro atoms. The van der Waals surface area contributed by atoms with Crippen LogP contribution in [0.4, 0.5) is 0 Å². The Morgan fingerprint density at radius 2 is 1.30 bits per heavy atom. The number of carbonyl (C=O) groups is 2. The van der Waals surface area contributed by atoms with Gasteiger partial charge >= 0.3 is 0 Å². The van der Waals surface area contributed by atoms with Crippen molar-refractivity contribution in [3.63, 3.8) is 0 Å². The summed E-state index contributed by atoms with van der Waals surface area (Å²) in [4.78, 5) is 21.1. The second-order valence-corrected chi connectivity index (χ2v) is 4.98. The van der Waals surface area contributed by atoms with Crippen LogP contribution in [0.5, 0.6) is 11.5 Å². The molecule has 1 N–H and O–H groups in total. The highest BCUT2D eigenvalue weighted by atomic mass is 16.5. The Morgan fingerprint density at radius 3 is 1.78 bits per heavy atom. The largest absolute Gasteiger partial charge is 0.493 e. The lowest BCUT2D eigenvalue weighted by Gasteiger charge is -2.13. The zero-order chi connectivity index (χ0) is 16.5. The van der Waals surface area contributed by atoms with Crippen LogP contribution in [0.1, 0.15) is 27.1 Å². The van der Waals surface area contributed by atoms with Crippen molar-refractivity contribution in [3.8, 4) is 11.5 Å². The van der Waals surface area contributed by atoms with Gasteiger partial charge in [-0.2, -0.15) is 0 Å². The molecule has 0 radical (unpaired) electrons. The van der Waals surface area contributed by atoms with Crippen molar-refractivity contribution in [3.05, 3.63) is 59.7 Å². The van der Waals surface area contributed by atoms with E-state index in [1.807, 2.05) is 0 Å². The molecule has 0 aliphatic carbocycles. The second-order valence-electron chi connectivity index (χ2n) is 4.98. The molecule has 0 heterocycles. The first-order chi connectivity index (χ1) is 11.2. The minimum absolute atomic E-state index is 0.147. The van der Waals surface area contributed by atoms with E-state index in [1.165, 1.54) is 0 Å². The molecule has 1 unspecified atom stereocenters. The van der Waals surface area contributed by atoms with Gasteiger partial charge in [-0.1, -0.05) is 0 Å². The summed E-state index contributed by atoms with van der Waals surface area (Å²) in [7, 11) is 0. The van der Waals surface area contributed by atoms with Gasteiger partial charge in [0.15, 0.2) is 0 Å². The molecule has 0 fully saturated rings. The number of hydrogen-bond acceptors (Lipinski definition) is 5. The number of carbonyl (C=O) groups excluding carboxylic acids is 2. The molecule has 0 saturated heterocycles. The van der Waals surface area contributed by atoms with Crippen LogP contribution in [0.3, 0.4) is 0 Å². The molecule has 5 nitrogen and oxygen atoms in total. The van der Waals surface area contributed by atoms with Gasteiger partial charge in [0.1, 0.15) is 30.7 Å². The van der Waals surface area contributed by atoms with E-state index in [9.17, 15) is 14.7 Å². The maximum Gasteiger partial charge on any atom is 0.150 e. The first-order valence-corrected chi connectivity index (χ1v) is 7.25. The number of rotatable bonds is 9. The third kappa shape index (κ3) is 5.56. The predicted molar refractivity (Wildman–Crippen MR) is 85.3 cm³/mol. The maximum absolute atomic E-state index is 10.5. The van der Waals surface area contributed by atoms with E-state index in [-0.39, 0.29) is 6.61 Å². The first-order valence-electron chi connectivity index (χ1n) is 7.25. The van der Waals surface area contributed by atoms with Gasteiger partial charge in [-0.3, -0.25) is 9.59 Å². The van der Waals surface area contributed by atoms with Gasteiger partial charge in [-0.05, 0) is 48.5 Å². The molecule has 0 saturated carbocycles. The third-order valence-electron chi connectivity index (χ3n) is 3.19. The Balaban J connectivity index is 1.68. The smallest absolute Gasteiger partial charge is 0.150 e. The van der Waals surface area contributed by atoms with Gasteiger partial charge in [0.05, 0.1) is 12.7 Å². The Hall–Kier alpha value is -2.66. The quantitative estimate of drug-likeness (QED) is 0.720. The molecular weight excluding hydrogens is 296 g/mol. The maximum atomic E-state index is 10.5. The van der Waals surface area contributed by atoms with Gasteiger partial charge in [-0.15, -0.1) is 0 Å². The topological polar surface area (TPSA) is 72.8 Å². The number of aldehydes is 2. The minimum Gasteiger partial charge on any atom is -0.493 e. The highest BCUT2D eigenvalue weighted by Crippen LogP contribution is 2.13. The predicted octanol–water partition coefficient (Wildman–Crippen LogP) is 2.52. The van der Waals surface area contributed by atoms with E-state index in [2.05, 4.69) is 0 Å². The van der Waals surface area contributed by atoms with Crippen LogP contribution in [-0.4, -0.2) is 37.0 Å². The van der Waals surface area contributed by atoms with E-state index in [0.717, 1.165) is 12.6 Å². The Bertz CT molecular complexity index is 619. The van der Waals surface area contributed by atoms with E-state index >= 15 is 0 Å². The minimum atomic E-state index is -0.657. The fourth-order valence-corrected chi connectivity index (χ4v) is 1.87. The molecule has 2 aromatic rings. The lowest BCUT2D eigenvalue weighted by molar-refractivity contribution is 0.0857. The summed E-state index contributed by atoms with van der Waals surface area (Å²) in [5.41, 5.74) is 1.17. The number of hydrogen-bond donors (Lipinski definition) is 1. The normalized spacial score (nSPS) is 11.5. The number of aliphatic hydroxyl groups excluding tert-OH is 1. The summed E-state index contributed by atoms with van der Waals surface area (Å²) in [6, 6.07) is 13.4. The zero-order valence-corrected chi connectivity index (χ0v) is 12.6. The van der Waals surface area contributed by atoms with Crippen LogP contribution in [0, 0.1) is 0 Å². The summed E-state index contributed by atoms with van der Waals surface area (Å²) in [6.07, 6.45) is 1.29. The van der Waals surface area contributed by atoms with Crippen molar-refractivity contribution in [1.82, 2.24) is 0 Å². The fourth-order valence-electron chi connectivity index (χ4n) is 1.87. The average Bonchev–Trinajstić information content (AvgIpc) is 2.61. The highest BCUT2D eigenvalue weighted by molar-refractivity contribution is 5.75. The molecule has 120 valence electrons. The van der Waals surface area contributed by atoms with Gasteiger partial charge in [-0.25, -0.2) is 0 Å². The van der Waals surface area contributed by atoms with Crippen molar-refractivity contribution in [2.45, 2.75) is 12.5 Å². The van der Waals surface area contributed by atoms with Crippen LogP contribution < -0.4 is 9.47 Å². The summed E-state index contributed by atoms with van der Waals surface area (Å²) in [6.45, 7) is 0.489.